The van der Waals surface area contributed by atoms with Crippen LogP contribution in [0.2, 0.25) is 5.02 Å². The second kappa shape index (κ2) is 10.5. The molecule has 0 aliphatic heterocycles. The number of nitrogens with one attached hydrogen (secondary N) is 1. The van der Waals surface area contributed by atoms with E-state index in [0.29, 0.717) is 0 Å². The molecule has 1 aromatic rings. The average Bonchev–Trinajstić information content (AvgIpc) is 2.37. The number of aliphatic carboxylic acids is 2. The van der Waals surface area contributed by atoms with Gasteiger partial charge in [-0.25, -0.2) is 9.59 Å². The monoisotopic (exact) mass is 321 g/mol. The van der Waals surface area contributed by atoms with Crippen molar-refractivity contribution in [1.82, 2.24) is 5.32 Å². The van der Waals surface area contributed by atoms with Gasteiger partial charge in [0, 0.05) is 16.9 Å². The van der Waals surface area contributed by atoms with Crippen molar-refractivity contribution in [2.24, 2.45) is 0 Å². The molecule has 3 N–H and O–H groups in total. The molecule has 1 atom stereocenters. The Kier molecular flexibility index (Phi) is 9.80. The zero-order valence-corrected chi connectivity index (χ0v) is 12.5. The highest BCUT2D eigenvalue weighted by molar-refractivity contribution is 6.30. The molecule has 0 aliphatic carbocycles. The zero-order chi connectivity index (χ0) is 15.5. The maximum absolute atomic E-state index is 9.10. The van der Waals surface area contributed by atoms with Crippen LogP contribution >= 0.6 is 23.2 Å². The number of carboxylic acids is 2. The molecule has 1 rings (SSSR count). The topological polar surface area (TPSA) is 86.6 Å². The van der Waals surface area contributed by atoms with Crippen LogP contribution in [0.4, 0.5) is 0 Å². The second-order valence-electron chi connectivity index (χ2n) is 3.97. The first-order chi connectivity index (χ1) is 9.32. The van der Waals surface area contributed by atoms with E-state index in [-0.39, 0.29) is 5.38 Å². The van der Waals surface area contributed by atoms with Crippen molar-refractivity contribution in [1.29, 1.82) is 0 Å². The van der Waals surface area contributed by atoms with Crippen molar-refractivity contribution in [2.75, 3.05) is 13.1 Å². The van der Waals surface area contributed by atoms with E-state index in [1.807, 2.05) is 31.2 Å². The van der Waals surface area contributed by atoms with Crippen LogP contribution in [0.25, 0.3) is 0 Å². The zero-order valence-electron chi connectivity index (χ0n) is 11.0. The van der Waals surface area contributed by atoms with Gasteiger partial charge in [0.05, 0.1) is 0 Å². The third-order valence-electron chi connectivity index (χ3n) is 2.11. The summed E-state index contributed by atoms with van der Waals surface area (Å²) in [5, 5.41) is 19.0. The fourth-order valence-corrected chi connectivity index (χ4v) is 1.42. The second-order valence-corrected chi connectivity index (χ2v) is 5.15. The van der Waals surface area contributed by atoms with Crippen LogP contribution in [0.15, 0.2) is 24.3 Å². The first-order valence-corrected chi connectivity index (χ1v) is 6.69. The molecule has 0 amide bonds. The molecular formula is C13H17Cl2NO4. The van der Waals surface area contributed by atoms with Crippen LogP contribution in [0.1, 0.15) is 12.5 Å². The largest absolute Gasteiger partial charge is 0.473 e. The summed E-state index contributed by atoms with van der Waals surface area (Å²) < 4.78 is 0. The van der Waals surface area contributed by atoms with Gasteiger partial charge in [0.2, 0.25) is 0 Å². The Morgan fingerprint density at radius 2 is 1.70 bits per heavy atom. The highest BCUT2D eigenvalue weighted by Gasteiger charge is 2.04. The lowest BCUT2D eigenvalue weighted by Gasteiger charge is -2.05. The van der Waals surface area contributed by atoms with Gasteiger partial charge < -0.3 is 15.5 Å². The number of carboxylic acid groups (broad SMARTS) is 2. The summed E-state index contributed by atoms with van der Waals surface area (Å²) in [5.41, 5.74) is 1.30. The first-order valence-electron chi connectivity index (χ1n) is 5.88. The lowest BCUT2D eigenvalue weighted by Crippen LogP contribution is -2.23. The molecule has 5 nitrogen and oxygen atoms in total. The minimum atomic E-state index is -1.82. The van der Waals surface area contributed by atoms with Crippen molar-refractivity contribution < 1.29 is 19.8 Å². The van der Waals surface area contributed by atoms with Crippen LogP contribution in [0, 0.1) is 0 Å². The van der Waals surface area contributed by atoms with Crippen molar-refractivity contribution in [3.05, 3.63) is 34.9 Å². The number of halogens is 2. The number of hydrogen-bond acceptors (Lipinski definition) is 3. The Labute approximate surface area is 127 Å². The predicted molar refractivity (Wildman–Crippen MR) is 78.6 cm³/mol. The summed E-state index contributed by atoms with van der Waals surface area (Å²) in [6, 6.07) is 7.93. The number of carbonyl (C=O) groups is 2. The minimum absolute atomic E-state index is 0.195. The van der Waals surface area contributed by atoms with Crippen LogP contribution in [-0.2, 0) is 16.0 Å². The van der Waals surface area contributed by atoms with E-state index in [1.165, 1.54) is 5.56 Å². The van der Waals surface area contributed by atoms with Gasteiger partial charge in [-0.3, -0.25) is 0 Å². The van der Waals surface area contributed by atoms with Gasteiger partial charge in [-0.2, -0.15) is 0 Å². The average molecular weight is 322 g/mol. The van der Waals surface area contributed by atoms with E-state index >= 15 is 0 Å². The molecule has 7 heteroatoms. The van der Waals surface area contributed by atoms with Gasteiger partial charge in [-0.15, -0.1) is 11.6 Å². The van der Waals surface area contributed by atoms with Crippen LogP contribution < -0.4 is 5.32 Å². The van der Waals surface area contributed by atoms with Crippen LogP contribution in [0.5, 0.6) is 0 Å². The molecule has 1 unspecified atom stereocenters. The van der Waals surface area contributed by atoms with E-state index in [0.717, 1.165) is 24.5 Å². The summed E-state index contributed by atoms with van der Waals surface area (Å²) >= 11 is 11.6. The highest BCUT2D eigenvalue weighted by Crippen LogP contribution is 2.09. The standard InChI is InChI=1S/C11H15Cl2N.C2H2O4/c1-9(12)8-14-7-6-10-2-4-11(13)5-3-10;3-1(4)2(5)6/h2-5,9,14H,6-8H2,1H3;(H,3,4)(H,5,6). The summed E-state index contributed by atoms with van der Waals surface area (Å²) in [6.07, 6.45) is 1.01. The molecular weight excluding hydrogens is 305 g/mol. The maximum atomic E-state index is 9.10. The van der Waals surface area contributed by atoms with E-state index in [1.54, 1.807) is 0 Å². The lowest BCUT2D eigenvalue weighted by atomic mass is 10.1. The van der Waals surface area contributed by atoms with Gasteiger partial charge in [0.25, 0.3) is 0 Å². The van der Waals surface area contributed by atoms with Crippen molar-refractivity contribution in [3.8, 4) is 0 Å². The molecule has 0 radical (unpaired) electrons. The molecule has 0 spiro atoms. The highest BCUT2D eigenvalue weighted by atomic mass is 35.5. The normalized spacial score (nSPS) is 11.2. The summed E-state index contributed by atoms with van der Waals surface area (Å²) in [7, 11) is 0. The molecule has 0 aromatic heterocycles. The van der Waals surface area contributed by atoms with Crippen molar-refractivity contribution >= 4 is 35.1 Å². The third-order valence-corrected chi connectivity index (χ3v) is 2.52. The van der Waals surface area contributed by atoms with Gasteiger partial charge >= 0.3 is 11.9 Å². The number of benzene rings is 1. The fraction of sp³-hybridized carbons (Fsp3) is 0.385. The molecule has 0 bridgehead atoms. The molecule has 0 saturated heterocycles. The number of hydrogen-bond donors (Lipinski definition) is 3. The number of rotatable bonds is 5. The summed E-state index contributed by atoms with van der Waals surface area (Å²) in [6.45, 7) is 3.80. The van der Waals surface area contributed by atoms with E-state index < -0.39 is 11.9 Å². The van der Waals surface area contributed by atoms with Gasteiger partial charge in [-0.05, 0) is 37.6 Å². The molecule has 0 saturated carbocycles. The molecule has 0 heterocycles. The summed E-state index contributed by atoms with van der Waals surface area (Å²) in [4.78, 5) is 18.2. The van der Waals surface area contributed by atoms with Gasteiger partial charge in [0.15, 0.2) is 0 Å². The van der Waals surface area contributed by atoms with E-state index in [4.69, 9.17) is 43.0 Å². The Morgan fingerprint density at radius 1 is 1.20 bits per heavy atom. The maximum Gasteiger partial charge on any atom is 0.414 e. The van der Waals surface area contributed by atoms with Crippen LogP contribution in [-0.4, -0.2) is 40.6 Å². The van der Waals surface area contributed by atoms with Gasteiger partial charge in [0.1, 0.15) is 0 Å². The molecule has 112 valence electrons. The Balaban J connectivity index is 0.000000511. The fourth-order valence-electron chi connectivity index (χ4n) is 1.18. The predicted octanol–water partition coefficient (Wildman–Crippen LogP) is 2.25. The van der Waals surface area contributed by atoms with Gasteiger partial charge in [-0.1, -0.05) is 23.7 Å². The van der Waals surface area contributed by atoms with Crippen molar-refractivity contribution in [3.63, 3.8) is 0 Å². The molecule has 0 aliphatic rings. The van der Waals surface area contributed by atoms with Crippen molar-refractivity contribution in [2.45, 2.75) is 18.7 Å². The molecule has 20 heavy (non-hydrogen) atoms. The quantitative estimate of drug-likeness (QED) is 0.440. The SMILES string of the molecule is CC(Cl)CNCCc1ccc(Cl)cc1.O=C(O)C(=O)O. The lowest BCUT2D eigenvalue weighted by molar-refractivity contribution is -0.159. The van der Waals surface area contributed by atoms with E-state index in [9.17, 15) is 0 Å². The Bertz CT molecular complexity index is 409. The Hall–Kier alpha value is -1.30. The van der Waals surface area contributed by atoms with Crippen LogP contribution in [0.3, 0.4) is 0 Å². The number of alkyl halides is 1. The third kappa shape index (κ3) is 10.6. The Morgan fingerprint density at radius 3 is 2.10 bits per heavy atom. The first kappa shape index (κ1) is 18.7. The smallest absolute Gasteiger partial charge is 0.414 e. The molecule has 1 aromatic carbocycles. The summed E-state index contributed by atoms with van der Waals surface area (Å²) in [5.74, 6) is -3.65. The van der Waals surface area contributed by atoms with E-state index in [2.05, 4.69) is 5.32 Å². The minimum Gasteiger partial charge on any atom is -0.473 e. The molecule has 0 fully saturated rings.